The van der Waals surface area contributed by atoms with Gasteiger partial charge in [0, 0.05) is 29.9 Å². The van der Waals surface area contributed by atoms with E-state index < -0.39 is 5.97 Å². The molecule has 3 aromatic rings. The van der Waals surface area contributed by atoms with E-state index in [2.05, 4.69) is 64.9 Å². The Balaban J connectivity index is 1.73. The zero-order valence-corrected chi connectivity index (χ0v) is 15.1. The minimum Gasteiger partial charge on any atom is -0.481 e. The molecule has 4 heteroatoms. The second-order valence-electron chi connectivity index (χ2n) is 7.28. The van der Waals surface area contributed by atoms with E-state index in [9.17, 15) is 9.90 Å². The van der Waals surface area contributed by atoms with Gasteiger partial charge in [0.15, 0.2) is 0 Å². The van der Waals surface area contributed by atoms with Gasteiger partial charge in [0.25, 0.3) is 0 Å². The van der Waals surface area contributed by atoms with Gasteiger partial charge in [-0.1, -0.05) is 29.8 Å². The van der Waals surface area contributed by atoms with Crippen LogP contribution in [0.1, 0.15) is 24.1 Å². The van der Waals surface area contributed by atoms with Crippen LogP contribution in [-0.2, 0) is 11.3 Å². The zero-order valence-electron chi connectivity index (χ0n) is 15.1. The molecule has 0 aliphatic carbocycles. The summed E-state index contributed by atoms with van der Waals surface area (Å²) < 4.78 is 2.30. The van der Waals surface area contributed by atoms with Crippen LogP contribution in [0.4, 0.5) is 0 Å². The summed E-state index contributed by atoms with van der Waals surface area (Å²) in [5, 5.41) is 10.6. The molecular formula is C22H24N2O2. The number of aryl methyl sites for hydroxylation is 1. The molecule has 2 heterocycles. The molecule has 0 saturated carbocycles. The van der Waals surface area contributed by atoms with Gasteiger partial charge in [-0.15, -0.1) is 0 Å². The first kappa shape index (κ1) is 16.9. The Morgan fingerprint density at radius 3 is 2.73 bits per heavy atom. The first-order chi connectivity index (χ1) is 12.6. The highest BCUT2D eigenvalue weighted by Crippen LogP contribution is 2.27. The molecule has 0 spiro atoms. The molecule has 0 bridgehead atoms. The van der Waals surface area contributed by atoms with Crippen molar-refractivity contribution in [2.75, 3.05) is 13.1 Å². The summed E-state index contributed by atoms with van der Waals surface area (Å²) in [6, 6.07) is 19.2. The molecule has 26 heavy (non-hydrogen) atoms. The van der Waals surface area contributed by atoms with Crippen LogP contribution in [0.15, 0.2) is 54.6 Å². The van der Waals surface area contributed by atoms with Gasteiger partial charge in [0.2, 0.25) is 0 Å². The maximum atomic E-state index is 11.4. The van der Waals surface area contributed by atoms with E-state index in [0.717, 1.165) is 31.6 Å². The normalized spacial score (nSPS) is 18.3. The molecule has 1 N–H and O–H groups in total. The maximum Gasteiger partial charge on any atom is 0.307 e. The van der Waals surface area contributed by atoms with E-state index in [0.29, 0.717) is 6.54 Å². The highest BCUT2D eigenvalue weighted by Gasteiger charge is 2.26. The van der Waals surface area contributed by atoms with Gasteiger partial charge in [-0.25, -0.2) is 0 Å². The van der Waals surface area contributed by atoms with Crippen molar-refractivity contribution >= 4 is 16.9 Å². The van der Waals surface area contributed by atoms with Crippen LogP contribution in [0.25, 0.3) is 16.6 Å². The second-order valence-corrected chi connectivity index (χ2v) is 7.28. The number of aromatic nitrogens is 1. The molecule has 1 saturated heterocycles. The molecule has 2 aromatic carbocycles. The summed E-state index contributed by atoms with van der Waals surface area (Å²) in [4.78, 5) is 13.7. The predicted octanol–water partition coefficient (Wildman–Crippen LogP) is 4.24. The van der Waals surface area contributed by atoms with Crippen LogP contribution in [0.3, 0.4) is 0 Å². The van der Waals surface area contributed by atoms with E-state index in [4.69, 9.17) is 0 Å². The molecule has 4 rings (SSSR count). The second kappa shape index (κ2) is 6.96. The van der Waals surface area contributed by atoms with Crippen LogP contribution < -0.4 is 0 Å². The summed E-state index contributed by atoms with van der Waals surface area (Å²) in [6.45, 7) is 4.47. The Morgan fingerprint density at radius 2 is 1.96 bits per heavy atom. The van der Waals surface area contributed by atoms with Crippen molar-refractivity contribution in [2.45, 2.75) is 26.3 Å². The van der Waals surface area contributed by atoms with Crippen LogP contribution in [0, 0.1) is 12.8 Å². The SMILES string of the molecule is Cc1ccc2c(c1)cc(CN1CCCC(C(=O)O)C1)n2-c1ccccc1. The minimum absolute atomic E-state index is 0.249. The van der Waals surface area contributed by atoms with Crippen LogP contribution in [0.2, 0.25) is 0 Å². The average Bonchev–Trinajstić information content (AvgIpc) is 2.99. The zero-order chi connectivity index (χ0) is 18.1. The van der Waals surface area contributed by atoms with Crippen LogP contribution >= 0.6 is 0 Å². The van der Waals surface area contributed by atoms with Gasteiger partial charge in [-0.05, 0) is 56.6 Å². The van der Waals surface area contributed by atoms with E-state index in [1.54, 1.807) is 0 Å². The number of nitrogens with zero attached hydrogens (tertiary/aromatic N) is 2. The molecule has 1 atom stereocenters. The summed E-state index contributed by atoms with van der Waals surface area (Å²) in [7, 11) is 0. The third-order valence-corrected chi connectivity index (χ3v) is 5.29. The first-order valence-electron chi connectivity index (χ1n) is 9.23. The number of para-hydroxylation sites is 1. The first-order valence-corrected chi connectivity index (χ1v) is 9.23. The van der Waals surface area contributed by atoms with Gasteiger partial charge >= 0.3 is 5.97 Å². The third-order valence-electron chi connectivity index (χ3n) is 5.29. The highest BCUT2D eigenvalue weighted by molar-refractivity contribution is 5.84. The smallest absolute Gasteiger partial charge is 0.307 e. The topological polar surface area (TPSA) is 45.5 Å². The predicted molar refractivity (Wildman–Crippen MR) is 104 cm³/mol. The van der Waals surface area contributed by atoms with Gasteiger partial charge in [-0.3, -0.25) is 9.69 Å². The largest absolute Gasteiger partial charge is 0.481 e. The summed E-state index contributed by atoms with van der Waals surface area (Å²) in [5.41, 5.74) is 4.80. The molecule has 1 fully saturated rings. The minimum atomic E-state index is -0.672. The molecular weight excluding hydrogens is 324 g/mol. The van der Waals surface area contributed by atoms with Gasteiger partial charge in [0.05, 0.1) is 11.4 Å². The van der Waals surface area contributed by atoms with E-state index in [-0.39, 0.29) is 5.92 Å². The summed E-state index contributed by atoms with van der Waals surface area (Å²) >= 11 is 0. The van der Waals surface area contributed by atoms with E-state index in [1.807, 2.05) is 6.07 Å². The van der Waals surface area contributed by atoms with E-state index >= 15 is 0 Å². The monoisotopic (exact) mass is 348 g/mol. The third kappa shape index (κ3) is 3.25. The lowest BCUT2D eigenvalue weighted by atomic mass is 9.98. The van der Waals surface area contributed by atoms with Crippen molar-refractivity contribution in [2.24, 2.45) is 5.92 Å². The molecule has 1 aliphatic rings. The number of rotatable bonds is 4. The van der Waals surface area contributed by atoms with Crippen LogP contribution in [-0.4, -0.2) is 33.6 Å². The molecule has 1 aromatic heterocycles. The lowest BCUT2D eigenvalue weighted by Crippen LogP contribution is -2.38. The van der Waals surface area contributed by atoms with E-state index in [1.165, 1.54) is 22.2 Å². The Labute approximate surface area is 153 Å². The number of carbonyl (C=O) groups is 1. The number of likely N-dealkylation sites (tertiary alicyclic amines) is 1. The Bertz CT molecular complexity index is 930. The number of hydrogen-bond acceptors (Lipinski definition) is 2. The lowest BCUT2D eigenvalue weighted by molar-refractivity contribution is -0.143. The van der Waals surface area contributed by atoms with Crippen molar-refractivity contribution in [3.05, 3.63) is 65.9 Å². The average molecular weight is 348 g/mol. The molecule has 0 radical (unpaired) electrons. The molecule has 134 valence electrons. The van der Waals surface area contributed by atoms with Gasteiger partial charge < -0.3 is 9.67 Å². The van der Waals surface area contributed by atoms with Crippen molar-refractivity contribution in [3.8, 4) is 5.69 Å². The molecule has 1 unspecified atom stereocenters. The van der Waals surface area contributed by atoms with Gasteiger partial charge in [-0.2, -0.15) is 0 Å². The van der Waals surface area contributed by atoms with Crippen molar-refractivity contribution in [1.82, 2.24) is 9.47 Å². The fourth-order valence-corrected chi connectivity index (χ4v) is 4.02. The molecule has 1 aliphatic heterocycles. The van der Waals surface area contributed by atoms with Crippen LogP contribution in [0.5, 0.6) is 0 Å². The lowest BCUT2D eigenvalue weighted by Gasteiger charge is -2.30. The highest BCUT2D eigenvalue weighted by atomic mass is 16.4. The van der Waals surface area contributed by atoms with Crippen molar-refractivity contribution in [1.29, 1.82) is 0 Å². The Hall–Kier alpha value is -2.59. The van der Waals surface area contributed by atoms with Gasteiger partial charge in [0.1, 0.15) is 0 Å². The number of carboxylic acids is 1. The van der Waals surface area contributed by atoms with Crippen molar-refractivity contribution in [3.63, 3.8) is 0 Å². The molecule has 4 nitrogen and oxygen atoms in total. The Kier molecular flexibility index (Phi) is 4.51. The number of fused-ring (bicyclic) bond motifs is 1. The fourth-order valence-electron chi connectivity index (χ4n) is 4.02. The number of aliphatic carboxylic acids is 1. The summed E-state index contributed by atoms with van der Waals surface area (Å²) in [6.07, 6.45) is 1.73. The standard InChI is InChI=1S/C22H24N2O2/c1-16-9-10-21-18(12-16)13-20(24(21)19-7-3-2-4-8-19)15-23-11-5-6-17(14-23)22(25)26/h2-4,7-10,12-13,17H,5-6,11,14-15H2,1H3,(H,25,26). The summed E-state index contributed by atoms with van der Waals surface area (Å²) in [5.74, 6) is -0.922. The number of carboxylic acid groups (broad SMARTS) is 1. The van der Waals surface area contributed by atoms with Crippen molar-refractivity contribution < 1.29 is 9.90 Å². The Morgan fingerprint density at radius 1 is 1.15 bits per heavy atom. The number of benzene rings is 2. The maximum absolute atomic E-state index is 11.4. The molecule has 0 amide bonds. The quantitative estimate of drug-likeness (QED) is 0.767. The number of hydrogen-bond donors (Lipinski definition) is 1. The number of piperidine rings is 1. The fraction of sp³-hybridized carbons (Fsp3) is 0.318.